The molecule has 0 bridgehead atoms. The molecule has 0 saturated carbocycles. The number of rotatable bonds is 11. The van der Waals surface area contributed by atoms with Crippen LogP contribution >= 0.6 is 0 Å². The Balaban J connectivity index is 1.81. The summed E-state index contributed by atoms with van der Waals surface area (Å²) in [5, 5.41) is 6.23. The SMILES string of the molecule is COC(=O)/C=C/c1c(C[C@H](NC(=O)OC(C)(C)C)C(=O)N[C@@H](Cc2ccccc2)C(=O)OC)c2ccccc2n1-c1ccccn1. The summed E-state index contributed by atoms with van der Waals surface area (Å²) in [7, 11) is 2.52. The monoisotopic (exact) mass is 626 g/mol. The fraction of sp³-hybridized carbons (Fsp3) is 0.286. The lowest BCUT2D eigenvalue weighted by molar-refractivity contribution is -0.145. The number of methoxy groups -OCH3 is 2. The third kappa shape index (κ3) is 8.59. The molecular weight excluding hydrogens is 588 g/mol. The normalized spacial score (nSPS) is 12.7. The number of amides is 2. The van der Waals surface area contributed by atoms with Gasteiger partial charge < -0.3 is 24.8 Å². The van der Waals surface area contributed by atoms with E-state index in [1.807, 2.05) is 71.3 Å². The van der Waals surface area contributed by atoms with Crippen LogP contribution in [0, 0.1) is 0 Å². The van der Waals surface area contributed by atoms with E-state index < -0.39 is 41.6 Å². The lowest BCUT2D eigenvalue weighted by Gasteiger charge is -2.25. The maximum absolute atomic E-state index is 14.0. The van der Waals surface area contributed by atoms with Crippen LogP contribution in [0.2, 0.25) is 0 Å². The fourth-order valence-electron chi connectivity index (χ4n) is 4.98. The number of nitrogens with one attached hydrogen (secondary N) is 2. The molecule has 2 aromatic carbocycles. The van der Waals surface area contributed by atoms with Gasteiger partial charge in [-0.25, -0.2) is 19.4 Å². The molecule has 4 rings (SSSR count). The van der Waals surface area contributed by atoms with Crippen molar-refractivity contribution in [2.24, 2.45) is 0 Å². The Bertz CT molecular complexity index is 1710. The number of pyridine rings is 1. The van der Waals surface area contributed by atoms with Gasteiger partial charge in [-0.05, 0) is 56.2 Å². The van der Waals surface area contributed by atoms with Crippen molar-refractivity contribution < 1.29 is 33.4 Å². The van der Waals surface area contributed by atoms with Crippen molar-refractivity contribution in [1.82, 2.24) is 20.2 Å². The zero-order valence-corrected chi connectivity index (χ0v) is 26.5. The molecular formula is C35H38N4O7. The predicted molar refractivity (Wildman–Crippen MR) is 173 cm³/mol. The molecule has 240 valence electrons. The summed E-state index contributed by atoms with van der Waals surface area (Å²) in [6.45, 7) is 5.14. The van der Waals surface area contributed by atoms with Gasteiger partial charge in [0, 0.05) is 30.5 Å². The molecule has 2 atom stereocenters. The van der Waals surface area contributed by atoms with E-state index in [2.05, 4.69) is 15.6 Å². The van der Waals surface area contributed by atoms with Crippen LogP contribution in [0.3, 0.4) is 0 Å². The molecule has 2 aromatic heterocycles. The highest BCUT2D eigenvalue weighted by atomic mass is 16.6. The van der Waals surface area contributed by atoms with Crippen LogP contribution in [0.4, 0.5) is 4.79 Å². The maximum Gasteiger partial charge on any atom is 0.408 e. The van der Waals surface area contributed by atoms with E-state index >= 15 is 0 Å². The number of fused-ring (bicyclic) bond motifs is 1. The summed E-state index contributed by atoms with van der Waals surface area (Å²) in [5.41, 5.74) is 1.91. The largest absolute Gasteiger partial charge is 0.467 e. The number of benzene rings is 2. The van der Waals surface area contributed by atoms with Crippen molar-refractivity contribution in [2.45, 2.75) is 51.3 Å². The highest BCUT2D eigenvalue weighted by molar-refractivity contribution is 5.95. The van der Waals surface area contributed by atoms with E-state index in [9.17, 15) is 19.2 Å². The molecule has 0 radical (unpaired) electrons. The number of nitrogens with zero attached hydrogens (tertiary/aromatic N) is 2. The van der Waals surface area contributed by atoms with Gasteiger partial charge in [-0.2, -0.15) is 0 Å². The zero-order valence-electron chi connectivity index (χ0n) is 26.5. The number of carbonyl (C=O) groups is 4. The zero-order chi connectivity index (χ0) is 33.3. The Morgan fingerprint density at radius 3 is 2.20 bits per heavy atom. The molecule has 2 N–H and O–H groups in total. The third-order valence-corrected chi connectivity index (χ3v) is 6.98. The van der Waals surface area contributed by atoms with E-state index in [-0.39, 0.29) is 12.8 Å². The van der Waals surface area contributed by atoms with Gasteiger partial charge in [0.2, 0.25) is 5.91 Å². The number of hydrogen-bond acceptors (Lipinski definition) is 8. The van der Waals surface area contributed by atoms with Crippen LogP contribution in [-0.4, -0.2) is 65.4 Å². The first-order chi connectivity index (χ1) is 22.0. The van der Waals surface area contributed by atoms with Crippen LogP contribution in [0.5, 0.6) is 0 Å². The summed E-state index contributed by atoms with van der Waals surface area (Å²) < 4.78 is 17.2. The van der Waals surface area contributed by atoms with Crippen LogP contribution < -0.4 is 10.6 Å². The van der Waals surface area contributed by atoms with E-state index in [1.54, 1.807) is 39.1 Å². The fourth-order valence-corrected chi connectivity index (χ4v) is 4.98. The molecule has 0 spiro atoms. The summed E-state index contributed by atoms with van der Waals surface area (Å²) in [5.74, 6) is -1.27. The average molecular weight is 627 g/mol. The minimum Gasteiger partial charge on any atom is -0.467 e. The number of esters is 2. The smallest absolute Gasteiger partial charge is 0.408 e. The van der Waals surface area contributed by atoms with Crippen LogP contribution in [0.1, 0.15) is 37.6 Å². The number of aromatic nitrogens is 2. The van der Waals surface area contributed by atoms with Crippen molar-refractivity contribution in [3.63, 3.8) is 0 Å². The summed E-state index contributed by atoms with van der Waals surface area (Å²) in [6, 6.07) is 19.9. The van der Waals surface area contributed by atoms with Crippen molar-refractivity contribution in [2.75, 3.05) is 14.2 Å². The number of ether oxygens (including phenoxy) is 3. The second-order valence-corrected chi connectivity index (χ2v) is 11.4. The van der Waals surface area contributed by atoms with Gasteiger partial charge in [0.05, 0.1) is 25.4 Å². The average Bonchev–Trinajstić information content (AvgIpc) is 3.35. The minimum absolute atomic E-state index is 0.0362. The maximum atomic E-state index is 14.0. The summed E-state index contributed by atoms with van der Waals surface area (Å²) in [6.07, 6.45) is 3.84. The number of para-hydroxylation sites is 1. The van der Waals surface area contributed by atoms with Crippen LogP contribution in [-0.2, 0) is 41.4 Å². The molecule has 4 aromatic rings. The van der Waals surface area contributed by atoms with Gasteiger partial charge in [-0.1, -0.05) is 54.6 Å². The van der Waals surface area contributed by atoms with Crippen molar-refractivity contribution >= 4 is 40.9 Å². The van der Waals surface area contributed by atoms with E-state index in [4.69, 9.17) is 14.2 Å². The topological polar surface area (TPSA) is 138 Å². The van der Waals surface area contributed by atoms with Gasteiger partial charge in [0.1, 0.15) is 23.5 Å². The van der Waals surface area contributed by atoms with Gasteiger partial charge in [-0.15, -0.1) is 0 Å². The van der Waals surface area contributed by atoms with Gasteiger partial charge >= 0.3 is 18.0 Å². The van der Waals surface area contributed by atoms with Crippen molar-refractivity contribution in [1.29, 1.82) is 0 Å². The second kappa shape index (κ2) is 15.0. The molecule has 46 heavy (non-hydrogen) atoms. The lowest BCUT2D eigenvalue weighted by atomic mass is 10.00. The Kier molecular flexibility index (Phi) is 10.9. The molecule has 0 fully saturated rings. The molecule has 0 aliphatic rings. The van der Waals surface area contributed by atoms with E-state index in [1.165, 1.54) is 20.3 Å². The second-order valence-electron chi connectivity index (χ2n) is 11.4. The highest BCUT2D eigenvalue weighted by Crippen LogP contribution is 2.31. The van der Waals surface area contributed by atoms with Gasteiger partial charge in [0.25, 0.3) is 0 Å². The molecule has 11 nitrogen and oxygen atoms in total. The lowest BCUT2D eigenvalue weighted by Crippen LogP contribution is -2.54. The summed E-state index contributed by atoms with van der Waals surface area (Å²) >= 11 is 0. The number of hydrogen-bond donors (Lipinski definition) is 2. The molecule has 2 heterocycles. The van der Waals surface area contributed by atoms with Crippen LogP contribution in [0.15, 0.2) is 85.1 Å². The first-order valence-electron chi connectivity index (χ1n) is 14.7. The molecule has 2 amide bonds. The third-order valence-electron chi connectivity index (χ3n) is 6.98. The molecule has 0 saturated heterocycles. The Hall–Kier alpha value is -5.45. The Morgan fingerprint density at radius 2 is 1.54 bits per heavy atom. The van der Waals surface area contributed by atoms with Gasteiger partial charge in [0.15, 0.2) is 0 Å². The Morgan fingerprint density at radius 1 is 0.848 bits per heavy atom. The molecule has 0 unspecified atom stereocenters. The standard InChI is InChI=1S/C35H38N4O7/c1-35(2,3)46-34(43)38-26(32(41)37-27(33(42)45-5)21-23-13-7-6-8-14-23)22-25-24-15-9-10-16-28(24)39(30-17-11-12-20-36-30)29(25)18-19-31(40)44-4/h6-20,26-27H,21-22H2,1-5H3,(H,37,41)(H,38,43)/b19-18+/t26-,27-/m0/s1. The van der Waals surface area contributed by atoms with Gasteiger partial charge in [-0.3, -0.25) is 9.36 Å². The Labute approximate surface area is 267 Å². The van der Waals surface area contributed by atoms with E-state index in [0.717, 1.165) is 16.5 Å². The number of carbonyl (C=O) groups excluding carboxylic acids is 4. The van der Waals surface area contributed by atoms with Crippen LogP contribution in [0.25, 0.3) is 22.8 Å². The first-order valence-corrected chi connectivity index (χ1v) is 14.7. The molecule has 0 aliphatic heterocycles. The molecule has 11 heteroatoms. The van der Waals surface area contributed by atoms with Crippen molar-refractivity contribution in [3.05, 3.63) is 102 Å². The number of alkyl carbamates (subject to hydrolysis) is 1. The summed E-state index contributed by atoms with van der Waals surface area (Å²) in [4.78, 5) is 56.6. The quantitative estimate of drug-likeness (QED) is 0.141. The van der Waals surface area contributed by atoms with E-state index in [0.29, 0.717) is 17.1 Å². The highest BCUT2D eigenvalue weighted by Gasteiger charge is 2.31. The molecule has 0 aliphatic carbocycles. The first kappa shape index (κ1) is 33.4. The predicted octanol–water partition coefficient (Wildman–Crippen LogP) is 4.55. The van der Waals surface area contributed by atoms with Crippen molar-refractivity contribution in [3.8, 4) is 5.82 Å². The minimum atomic E-state index is -1.20.